The molecule has 1 aromatic carbocycles. The fourth-order valence-electron chi connectivity index (χ4n) is 1.82. The van der Waals surface area contributed by atoms with Gasteiger partial charge in [0, 0.05) is 5.56 Å². The van der Waals surface area contributed by atoms with Crippen LogP contribution in [0.15, 0.2) is 36.4 Å². The van der Waals surface area contributed by atoms with Gasteiger partial charge in [-0.15, -0.1) is 0 Å². The molecule has 3 heteroatoms. The van der Waals surface area contributed by atoms with E-state index in [0.717, 1.165) is 29.0 Å². The highest BCUT2D eigenvalue weighted by Gasteiger charge is 2.05. The molecule has 0 fully saturated rings. The van der Waals surface area contributed by atoms with Crippen molar-refractivity contribution in [3.8, 4) is 16.9 Å². The topological polar surface area (TPSA) is 48.1 Å². The third kappa shape index (κ3) is 2.38. The van der Waals surface area contributed by atoms with Crippen LogP contribution in [0, 0.1) is 0 Å². The molecular weight excluding hydrogens is 212 g/mol. The number of hydrogen-bond acceptors (Lipinski definition) is 3. The van der Waals surface area contributed by atoms with Crippen LogP contribution in [-0.4, -0.2) is 12.1 Å². The van der Waals surface area contributed by atoms with E-state index >= 15 is 0 Å². The maximum Gasteiger partial charge on any atom is 0.123 e. The first-order valence-corrected chi connectivity index (χ1v) is 5.64. The Hall–Kier alpha value is -2.03. The van der Waals surface area contributed by atoms with Gasteiger partial charge in [-0.25, -0.2) is 4.98 Å². The third-order valence-corrected chi connectivity index (χ3v) is 2.73. The minimum absolute atomic E-state index is 0.569. The van der Waals surface area contributed by atoms with Crippen molar-refractivity contribution in [2.75, 3.05) is 12.8 Å². The molecule has 1 aromatic heterocycles. The molecule has 17 heavy (non-hydrogen) atoms. The van der Waals surface area contributed by atoms with Gasteiger partial charge >= 0.3 is 0 Å². The summed E-state index contributed by atoms with van der Waals surface area (Å²) in [7, 11) is 1.66. The first-order valence-electron chi connectivity index (χ1n) is 5.64. The minimum atomic E-state index is 0.569. The predicted octanol–water partition coefficient (Wildman–Crippen LogP) is 2.90. The fourth-order valence-corrected chi connectivity index (χ4v) is 1.82. The maximum atomic E-state index is 5.70. The molecule has 2 N–H and O–H groups in total. The van der Waals surface area contributed by atoms with Crippen molar-refractivity contribution in [3.63, 3.8) is 0 Å². The number of ether oxygens (including phenoxy) is 1. The fraction of sp³-hybridized carbons (Fsp3) is 0.214. The molecule has 2 rings (SSSR count). The quantitative estimate of drug-likeness (QED) is 0.878. The van der Waals surface area contributed by atoms with Crippen LogP contribution in [0.4, 0.5) is 5.82 Å². The van der Waals surface area contributed by atoms with E-state index in [-0.39, 0.29) is 0 Å². The zero-order valence-corrected chi connectivity index (χ0v) is 10.1. The summed E-state index contributed by atoms with van der Waals surface area (Å²) in [5.41, 5.74) is 8.98. The van der Waals surface area contributed by atoms with Crippen molar-refractivity contribution in [1.82, 2.24) is 4.98 Å². The van der Waals surface area contributed by atoms with Crippen molar-refractivity contribution < 1.29 is 4.74 Å². The van der Waals surface area contributed by atoms with Crippen LogP contribution < -0.4 is 10.5 Å². The molecule has 0 radical (unpaired) electrons. The predicted molar refractivity (Wildman–Crippen MR) is 70.0 cm³/mol. The molecule has 0 aliphatic heterocycles. The molecule has 2 aromatic rings. The van der Waals surface area contributed by atoms with Gasteiger partial charge in [0.2, 0.25) is 0 Å². The van der Waals surface area contributed by atoms with E-state index < -0.39 is 0 Å². The van der Waals surface area contributed by atoms with Crippen molar-refractivity contribution in [1.29, 1.82) is 0 Å². The Bertz CT molecular complexity index is 506. The smallest absolute Gasteiger partial charge is 0.123 e. The standard InChI is InChI=1S/C14H16N2O/c1-3-13-12(8-9-14(15)16-13)10-4-6-11(17-2)7-5-10/h4-9H,3H2,1-2H3,(H2,15,16). The summed E-state index contributed by atoms with van der Waals surface area (Å²) in [5.74, 6) is 1.43. The van der Waals surface area contributed by atoms with Crippen molar-refractivity contribution in [2.45, 2.75) is 13.3 Å². The Balaban J connectivity index is 2.44. The molecule has 3 nitrogen and oxygen atoms in total. The van der Waals surface area contributed by atoms with Gasteiger partial charge in [0.15, 0.2) is 0 Å². The summed E-state index contributed by atoms with van der Waals surface area (Å²) in [5, 5.41) is 0. The van der Waals surface area contributed by atoms with Gasteiger partial charge in [0.25, 0.3) is 0 Å². The number of nitrogens with two attached hydrogens (primary N) is 1. The number of nitrogen functional groups attached to an aromatic ring is 1. The Kier molecular flexibility index (Phi) is 3.28. The number of anilines is 1. The Labute approximate surface area is 101 Å². The van der Waals surface area contributed by atoms with Gasteiger partial charge in [0.05, 0.1) is 12.8 Å². The molecule has 0 unspecified atom stereocenters. The van der Waals surface area contributed by atoms with E-state index in [9.17, 15) is 0 Å². The van der Waals surface area contributed by atoms with Gasteiger partial charge in [-0.05, 0) is 36.2 Å². The highest BCUT2D eigenvalue weighted by atomic mass is 16.5. The lowest BCUT2D eigenvalue weighted by Crippen LogP contribution is -1.97. The number of benzene rings is 1. The summed E-state index contributed by atoms with van der Waals surface area (Å²) in [6.07, 6.45) is 0.867. The van der Waals surface area contributed by atoms with E-state index in [1.807, 2.05) is 36.4 Å². The molecule has 0 saturated carbocycles. The monoisotopic (exact) mass is 228 g/mol. The van der Waals surface area contributed by atoms with E-state index in [2.05, 4.69) is 11.9 Å². The van der Waals surface area contributed by atoms with Crippen LogP contribution >= 0.6 is 0 Å². The van der Waals surface area contributed by atoms with Gasteiger partial charge in [0.1, 0.15) is 11.6 Å². The maximum absolute atomic E-state index is 5.70. The summed E-state index contributed by atoms with van der Waals surface area (Å²) in [6.45, 7) is 2.08. The second kappa shape index (κ2) is 4.87. The van der Waals surface area contributed by atoms with E-state index in [1.54, 1.807) is 7.11 Å². The molecule has 0 bridgehead atoms. The molecule has 0 saturated heterocycles. The number of rotatable bonds is 3. The van der Waals surface area contributed by atoms with Crippen molar-refractivity contribution in [3.05, 3.63) is 42.1 Å². The number of pyridine rings is 1. The molecule has 88 valence electrons. The van der Waals surface area contributed by atoms with Gasteiger partial charge in [-0.1, -0.05) is 19.1 Å². The minimum Gasteiger partial charge on any atom is -0.497 e. The van der Waals surface area contributed by atoms with Crippen molar-refractivity contribution in [2.24, 2.45) is 0 Å². The molecule has 0 atom stereocenters. The lowest BCUT2D eigenvalue weighted by atomic mass is 10.0. The SMILES string of the molecule is CCc1nc(N)ccc1-c1ccc(OC)cc1. The summed E-state index contributed by atoms with van der Waals surface area (Å²) >= 11 is 0. The lowest BCUT2D eigenvalue weighted by molar-refractivity contribution is 0.415. The second-order valence-corrected chi connectivity index (χ2v) is 3.81. The Morgan fingerprint density at radius 1 is 1.12 bits per heavy atom. The summed E-state index contributed by atoms with van der Waals surface area (Å²) < 4.78 is 5.15. The molecule has 0 aliphatic carbocycles. The molecule has 1 heterocycles. The molecule has 0 spiro atoms. The van der Waals surface area contributed by atoms with Gasteiger partial charge in [-0.2, -0.15) is 0 Å². The molecule has 0 aliphatic rings. The van der Waals surface area contributed by atoms with Crippen LogP contribution in [-0.2, 0) is 6.42 Å². The third-order valence-electron chi connectivity index (χ3n) is 2.73. The second-order valence-electron chi connectivity index (χ2n) is 3.81. The number of hydrogen-bond donors (Lipinski definition) is 1. The van der Waals surface area contributed by atoms with Crippen LogP contribution in [0.5, 0.6) is 5.75 Å². The Morgan fingerprint density at radius 2 is 1.82 bits per heavy atom. The number of nitrogens with zero attached hydrogens (tertiary/aromatic N) is 1. The zero-order valence-electron chi connectivity index (χ0n) is 10.1. The first kappa shape index (κ1) is 11.5. The van der Waals surface area contributed by atoms with Gasteiger partial charge < -0.3 is 10.5 Å². The summed E-state index contributed by atoms with van der Waals surface area (Å²) in [6, 6.07) is 11.8. The number of methoxy groups -OCH3 is 1. The first-order chi connectivity index (χ1) is 8.24. The Morgan fingerprint density at radius 3 is 2.41 bits per heavy atom. The van der Waals surface area contributed by atoms with E-state index in [0.29, 0.717) is 5.82 Å². The van der Waals surface area contributed by atoms with E-state index in [4.69, 9.17) is 10.5 Å². The number of aryl methyl sites for hydroxylation is 1. The number of aromatic nitrogens is 1. The van der Waals surface area contributed by atoms with E-state index in [1.165, 1.54) is 0 Å². The summed E-state index contributed by atoms with van der Waals surface area (Å²) in [4.78, 5) is 4.36. The van der Waals surface area contributed by atoms with Crippen LogP contribution in [0.2, 0.25) is 0 Å². The average Bonchev–Trinajstić information content (AvgIpc) is 2.39. The highest BCUT2D eigenvalue weighted by molar-refractivity contribution is 5.67. The zero-order chi connectivity index (χ0) is 12.3. The van der Waals surface area contributed by atoms with Crippen LogP contribution in [0.25, 0.3) is 11.1 Å². The van der Waals surface area contributed by atoms with Crippen LogP contribution in [0.1, 0.15) is 12.6 Å². The normalized spacial score (nSPS) is 10.2. The van der Waals surface area contributed by atoms with Gasteiger partial charge in [-0.3, -0.25) is 0 Å². The van der Waals surface area contributed by atoms with Crippen molar-refractivity contribution >= 4 is 5.82 Å². The average molecular weight is 228 g/mol. The molecule has 0 amide bonds. The largest absolute Gasteiger partial charge is 0.497 e. The highest BCUT2D eigenvalue weighted by Crippen LogP contribution is 2.25. The van der Waals surface area contributed by atoms with Crippen LogP contribution in [0.3, 0.4) is 0 Å². The molecular formula is C14H16N2O. The lowest BCUT2D eigenvalue weighted by Gasteiger charge is -2.08.